The molecular formula is C14H24N2S. The standard InChI is InChI=1S/C14H24N2S/c1-3-15-13(14-16-11(2)10-17-14)12-8-6-4-5-7-9-12/h10,12-13,15H,3-9H2,1-2H3. The van der Waals surface area contributed by atoms with Crippen molar-refractivity contribution in [3.8, 4) is 0 Å². The lowest BCUT2D eigenvalue weighted by Gasteiger charge is -2.25. The summed E-state index contributed by atoms with van der Waals surface area (Å²) in [6.07, 6.45) is 8.39. The Bertz CT molecular complexity index is 327. The number of thiazole rings is 1. The van der Waals surface area contributed by atoms with Crippen molar-refractivity contribution < 1.29 is 0 Å². The first-order valence-corrected chi connectivity index (χ1v) is 7.84. The van der Waals surface area contributed by atoms with Gasteiger partial charge in [0.25, 0.3) is 0 Å². The third kappa shape index (κ3) is 3.52. The maximum absolute atomic E-state index is 4.69. The van der Waals surface area contributed by atoms with Crippen LogP contribution in [0.5, 0.6) is 0 Å². The van der Waals surface area contributed by atoms with Crippen LogP contribution < -0.4 is 5.32 Å². The number of hydrogen-bond acceptors (Lipinski definition) is 3. The molecule has 3 heteroatoms. The van der Waals surface area contributed by atoms with E-state index in [1.54, 1.807) is 0 Å². The van der Waals surface area contributed by atoms with Gasteiger partial charge in [0.15, 0.2) is 0 Å². The maximum Gasteiger partial charge on any atom is 0.110 e. The van der Waals surface area contributed by atoms with E-state index in [-0.39, 0.29) is 0 Å². The predicted molar refractivity (Wildman–Crippen MR) is 74.5 cm³/mol. The highest BCUT2D eigenvalue weighted by atomic mass is 32.1. The van der Waals surface area contributed by atoms with Crippen molar-refractivity contribution in [2.45, 2.75) is 58.4 Å². The monoisotopic (exact) mass is 252 g/mol. The summed E-state index contributed by atoms with van der Waals surface area (Å²) in [5, 5.41) is 7.14. The Morgan fingerprint density at radius 3 is 2.59 bits per heavy atom. The van der Waals surface area contributed by atoms with Gasteiger partial charge in [-0.1, -0.05) is 32.6 Å². The Balaban J connectivity index is 2.09. The van der Waals surface area contributed by atoms with Crippen LogP contribution in [0.15, 0.2) is 5.38 Å². The number of nitrogens with zero attached hydrogens (tertiary/aromatic N) is 1. The summed E-state index contributed by atoms with van der Waals surface area (Å²) in [7, 11) is 0. The summed E-state index contributed by atoms with van der Waals surface area (Å²) in [6, 6.07) is 0.497. The average Bonchev–Trinajstić information content (AvgIpc) is 2.60. The van der Waals surface area contributed by atoms with Crippen molar-refractivity contribution in [2.24, 2.45) is 5.92 Å². The third-order valence-corrected chi connectivity index (χ3v) is 4.74. The average molecular weight is 252 g/mol. The first kappa shape index (κ1) is 13.0. The van der Waals surface area contributed by atoms with Gasteiger partial charge in [0.1, 0.15) is 5.01 Å². The van der Waals surface area contributed by atoms with E-state index in [9.17, 15) is 0 Å². The molecule has 1 aliphatic rings. The molecule has 96 valence electrons. The second kappa shape index (κ2) is 6.50. The molecule has 0 saturated heterocycles. The molecule has 17 heavy (non-hydrogen) atoms. The van der Waals surface area contributed by atoms with Crippen molar-refractivity contribution in [2.75, 3.05) is 6.54 Å². The molecule has 0 aromatic carbocycles. The van der Waals surface area contributed by atoms with Crippen molar-refractivity contribution in [1.29, 1.82) is 0 Å². The SMILES string of the molecule is CCNC(c1nc(C)cs1)C1CCCCCC1. The highest BCUT2D eigenvalue weighted by Crippen LogP contribution is 2.34. The molecule has 0 aliphatic heterocycles. The van der Waals surface area contributed by atoms with Gasteiger partial charge in [-0.2, -0.15) is 0 Å². The second-order valence-corrected chi connectivity index (χ2v) is 6.00. The zero-order valence-corrected chi connectivity index (χ0v) is 11.9. The fourth-order valence-electron chi connectivity index (χ4n) is 2.83. The van der Waals surface area contributed by atoms with Gasteiger partial charge in [-0.3, -0.25) is 0 Å². The molecule has 1 N–H and O–H groups in total. The fraction of sp³-hybridized carbons (Fsp3) is 0.786. The molecule has 1 heterocycles. The van der Waals surface area contributed by atoms with E-state index in [2.05, 4.69) is 24.5 Å². The minimum atomic E-state index is 0.497. The van der Waals surface area contributed by atoms with Crippen LogP contribution in [0.4, 0.5) is 0 Å². The molecule has 2 nitrogen and oxygen atoms in total. The van der Waals surface area contributed by atoms with E-state index in [1.165, 1.54) is 49.2 Å². The zero-order valence-electron chi connectivity index (χ0n) is 11.0. The highest BCUT2D eigenvalue weighted by molar-refractivity contribution is 7.09. The van der Waals surface area contributed by atoms with Gasteiger partial charge in [0.2, 0.25) is 0 Å². The lowest BCUT2D eigenvalue weighted by Crippen LogP contribution is -2.28. The first-order valence-electron chi connectivity index (χ1n) is 6.96. The van der Waals surface area contributed by atoms with Gasteiger partial charge < -0.3 is 5.32 Å². The van der Waals surface area contributed by atoms with Crippen LogP contribution >= 0.6 is 11.3 Å². The molecule has 2 rings (SSSR count). The highest BCUT2D eigenvalue weighted by Gasteiger charge is 2.25. The van der Waals surface area contributed by atoms with E-state index in [1.807, 2.05) is 11.3 Å². The molecule has 1 fully saturated rings. The number of hydrogen-bond donors (Lipinski definition) is 1. The van der Waals surface area contributed by atoms with Gasteiger partial charge in [-0.05, 0) is 32.2 Å². The van der Waals surface area contributed by atoms with Crippen molar-refractivity contribution in [1.82, 2.24) is 10.3 Å². The summed E-state index contributed by atoms with van der Waals surface area (Å²) in [5.41, 5.74) is 1.17. The smallest absolute Gasteiger partial charge is 0.110 e. The number of nitrogens with one attached hydrogen (secondary N) is 1. The molecule has 1 saturated carbocycles. The van der Waals surface area contributed by atoms with Crippen molar-refractivity contribution in [3.63, 3.8) is 0 Å². The summed E-state index contributed by atoms with van der Waals surface area (Å²) in [5.74, 6) is 0.794. The molecule has 1 unspecified atom stereocenters. The van der Waals surface area contributed by atoms with E-state index in [0.717, 1.165) is 12.5 Å². The maximum atomic E-state index is 4.69. The summed E-state index contributed by atoms with van der Waals surface area (Å²) >= 11 is 1.82. The predicted octanol–water partition coefficient (Wildman–Crippen LogP) is 4.07. The van der Waals surface area contributed by atoms with Crippen molar-refractivity contribution in [3.05, 3.63) is 16.1 Å². The Hall–Kier alpha value is -0.410. The largest absolute Gasteiger partial charge is 0.308 e. The Morgan fingerprint density at radius 1 is 1.35 bits per heavy atom. The first-order chi connectivity index (χ1) is 8.31. The molecule has 1 aliphatic carbocycles. The summed E-state index contributed by atoms with van der Waals surface area (Å²) in [6.45, 7) is 5.33. The van der Waals surface area contributed by atoms with E-state index < -0.39 is 0 Å². The third-order valence-electron chi connectivity index (χ3n) is 3.70. The zero-order chi connectivity index (χ0) is 12.1. The lowest BCUT2D eigenvalue weighted by molar-refractivity contribution is 0.329. The van der Waals surface area contributed by atoms with Gasteiger partial charge >= 0.3 is 0 Å². The van der Waals surface area contributed by atoms with Crippen LogP contribution in [0.3, 0.4) is 0 Å². The minimum absolute atomic E-state index is 0.497. The molecule has 0 spiro atoms. The fourth-order valence-corrected chi connectivity index (χ4v) is 3.80. The van der Waals surface area contributed by atoms with E-state index in [4.69, 9.17) is 4.98 Å². The van der Waals surface area contributed by atoms with Gasteiger partial charge in [0.05, 0.1) is 6.04 Å². The van der Waals surface area contributed by atoms with Gasteiger partial charge in [-0.15, -0.1) is 11.3 Å². The lowest BCUT2D eigenvalue weighted by atomic mass is 9.92. The van der Waals surface area contributed by atoms with Crippen LogP contribution in [0.2, 0.25) is 0 Å². The number of rotatable bonds is 4. The molecular weight excluding hydrogens is 228 g/mol. The Kier molecular flexibility index (Phi) is 4.99. The van der Waals surface area contributed by atoms with E-state index >= 15 is 0 Å². The Morgan fingerprint density at radius 2 is 2.06 bits per heavy atom. The molecule has 1 aromatic rings. The van der Waals surface area contributed by atoms with Crippen LogP contribution in [0.25, 0.3) is 0 Å². The molecule has 0 bridgehead atoms. The normalized spacial score (nSPS) is 20.1. The van der Waals surface area contributed by atoms with Gasteiger partial charge in [-0.25, -0.2) is 4.98 Å². The molecule has 1 aromatic heterocycles. The minimum Gasteiger partial charge on any atom is -0.308 e. The molecule has 1 atom stereocenters. The van der Waals surface area contributed by atoms with Crippen molar-refractivity contribution >= 4 is 11.3 Å². The second-order valence-electron chi connectivity index (χ2n) is 5.11. The molecule has 0 radical (unpaired) electrons. The summed E-state index contributed by atoms with van der Waals surface area (Å²) in [4.78, 5) is 4.69. The van der Waals surface area contributed by atoms with Crippen LogP contribution in [-0.4, -0.2) is 11.5 Å². The van der Waals surface area contributed by atoms with Crippen LogP contribution in [-0.2, 0) is 0 Å². The summed E-state index contributed by atoms with van der Waals surface area (Å²) < 4.78 is 0. The quantitative estimate of drug-likeness (QED) is 0.817. The number of aromatic nitrogens is 1. The Labute approximate surface area is 109 Å². The van der Waals surface area contributed by atoms with Crippen LogP contribution in [0.1, 0.15) is 62.2 Å². The van der Waals surface area contributed by atoms with E-state index in [0.29, 0.717) is 6.04 Å². The topological polar surface area (TPSA) is 24.9 Å². The van der Waals surface area contributed by atoms with Crippen LogP contribution in [0, 0.1) is 12.8 Å². The van der Waals surface area contributed by atoms with Gasteiger partial charge in [0, 0.05) is 11.1 Å². The number of aryl methyl sites for hydroxylation is 1. The molecule has 0 amide bonds.